The summed E-state index contributed by atoms with van der Waals surface area (Å²) in [6.07, 6.45) is 1.39. The number of oxazole rings is 1. The SMILES string of the molecule is CC(=O)Nc1cccc(C(=O)NCc2ccc3ncoc3c2)c1. The first-order valence-electron chi connectivity index (χ1n) is 7.10. The highest BCUT2D eigenvalue weighted by Gasteiger charge is 2.07. The highest BCUT2D eigenvalue weighted by molar-refractivity contribution is 5.96. The van der Waals surface area contributed by atoms with Crippen LogP contribution in [0, 0.1) is 0 Å². The lowest BCUT2D eigenvalue weighted by atomic mass is 10.1. The lowest BCUT2D eigenvalue weighted by Gasteiger charge is -2.07. The molecule has 2 amide bonds. The molecule has 0 saturated heterocycles. The van der Waals surface area contributed by atoms with Crippen molar-refractivity contribution in [3.8, 4) is 0 Å². The standard InChI is InChI=1S/C17H15N3O3/c1-11(21)20-14-4-2-3-13(8-14)17(22)18-9-12-5-6-15-16(7-12)23-10-19-15/h2-8,10H,9H2,1H3,(H,18,22)(H,20,21). The second-order valence-electron chi connectivity index (χ2n) is 5.10. The smallest absolute Gasteiger partial charge is 0.251 e. The summed E-state index contributed by atoms with van der Waals surface area (Å²) in [5.74, 6) is -0.391. The van der Waals surface area contributed by atoms with Crippen LogP contribution in [0.25, 0.3) is 11.1 Å². The topological polar surface area (TPSA) is 84.2 Å². The van der Waals surface area contributed by atoms with Gasteiger partial charge in [-0.3, -0.25) is 9.59 Å². The maximum absolute atomic E-state index is 12.2. The number of aromatic nitrogens is 1. The second-order valence-corrected chi connectivity index (χ2v) is 5.10. The molecular formula is C17H15N3O3. The molecule has 0 bridgehead atoms. The van der Waals surface area contributed by atoms with Gasteiger partial charge in [-0.15, -0.1) is 0 Å². The third-order valence-corrected chi connectivity index (χ3v) is 3.29. The second kappa shape index (κ2) is 6.31. The first-order chi connectivity index (χ1) is 11.1. The molecule has 0 fully saturated rings. The first-order valence-corrected chi connectivity index (χ1v) is 7.10. The number of fused-ring (bicyclic) bond motifs is 1. The number of amides is 2. The van der Waals surface area contributed by atoms with Crippen LogP contribution in [0.5, 0.6) is 0 Å². The van der Waals surface area contributed by atoms with Gasteiger partial charge in [-0.1, -0.05) is 12.1 Å². The van der Waals surface area contributed by atoms with Crippen LogP contribution in [-0.4, -0.2) is 16.8 Å². The lowest BCUT2D eigenvalue weighted by molar-refractivity contribution is -0.114. The maximum Gasteiger partial charge on any atom is 0.251 e. The Morgan fingerprint density at radius 2 is 2.04 bits per heavy atom. The van der Waals surface area contributed by atoms with Gasteiger partial charge in [0.1, 0.15) is 5.52 Å². The van der Waals surface area contributed by atoms with Gasteiger partial charge in [0.05, 0.1) is 0 Å². The molecule has 2 aromatic carbocycles. The fourth-order valence-electron chi connectivity index (χ4n) is 2.24. The third kappa shape index (κ3) is 3.55. The molecule has 1 aromatic heterocycles. The quantitative estimate of drug-likeness (QED) is 0.776. The van der Waals surface area contributed by atoms with E-state index in [0.29, 0.717) is 23.4 Å². The minimum Gasteiger partial charge on any atom is -0.443 e. The van der Waals surface area contributed by atoms with Gasteiger partial charge >= 0.3 is 0 Å². The Hall–Kier alpha value is -3.15. The van der Waals surface area contributed by atoms with E-state index >= 15 is 0 Å². The molecule has 0 spiro atoms. The number of rotatable bonds is 4. The molecule has 0 unspecified atom stereocenters. The number of nitrogens with one attached hydrogen (secondary N) is 2. The van der Waals surface area contributed by atoms with E-state index in [1.54, 1.807) is 24.3 Å². The molecule has 0 atom stereocenters. The van der Waals surface area contributed by atoms with Crippen LogP contribution in [0.1, 0.15) is 22.8 Å². The van der Waals surface area contributed by atoms with Crippen LogP contribution in [-0.2, 0) is 11.3 Å². The molecule has 3 aromatic rings. The fourth-order valence-corrected chi connectivity index (χ4v) is 2.24. The van der Waals surface area contributed by atoms with Gasteiger partial charge in [-0.05, 0) is 35.9 Å². The van der Waals surface area contributed by atoms with Gasteiger partial charge in [-0.2, -0.15) is 0 Å². The zero-order valence-corrected chi connectivity index (χ0v) is 12.5. The first kappa shape index (κ1) is 14.8. The molecule has 1 heterocycles. The number of benzene rings is 2. The van der Waals surface area contributed by atoms with Crippen molar-refractivity contribution in [1.82, 2.24) is 10.3 Å². The summed E-state index contributed by atoms with van der Waals surface area (Å²) in [5.41, 5.74) is 3.46. The summed E-state index contributed by atoms with van der Waals surface area (Å²) < 4.78 is 5.24. The molecule has 3 rings (SSSR count). The van der Waals surface area contributed by atoms with Crippen LogP contribution in [0.4, 0.5) is 5.69 Å². The summed E-state index contributed by atoms with van der Waals surface area (Å²) in [4.78, 5) is 27.3. The molecule has 116 valence electrons. The van der Waals surface area contributed by atoms with E-state index in [0.717, 1.165) is 11.1 Å². The number of hydrogen-bond donors (Lipinski definition) is 2. The Morgan fingerprint density at radius 1 is 1.17 bits per heavy atom. The van der Waals surface area contributed by atoms with Gasteiger partial charge in [-0.25, -0.2) is 4.98 Å². The highest BCUT2D eigenvalue weighted by atomic mass is 16.3. The fraction of sp³-hybridized carbons (Fsp3) is 0.118. The highest BCUT2D eigenvalue weighted by Crippen LogP contribution is 2.15. The predicted octanol–water partition coefficient (Wildman–Crippen LogP) is 2.72. The largest absolute Gasteiger partial charge is 0.443 e. The van der Waals surface area contributed by atoms with Gasteiger partial charge in [0.2, 0.25) is 5.91 Å². The Kier molecular flexibility index (Phi) is 4.05. The van der Waals surface area contributed by atoms with E-state index in [4.69, 9.17) is 4.42 Å². The lowest BCUT2D eigenvalue weighted by Crippen LogP contribution is -2.22. The van der Waals surface area contributed by atoms with Crippen molar-refractivity contribution in [1.29, 1.82) is 0 Å². The number of hydrogen-bond acceptors (Lipinski definition) is 4. The number of anilines is 1. The van der Waals surface area contributed by atoms with Crippen molar-refractivity contribution in [2.45, 2.75) is 13.5 Å². The molecule has 23 heavy (non-hydrogen) atoms. The average Bonchev–Trinajstić information content (AvgIpc) is 3.00. The van der Waals surface area contributed by atoms with Crippen LogP contribution in [0.15, 0.2) is 53.3 Å². The summed E-state index contributed by atoms with van der Waals surface area (Å²) in [5, 5.41) is 5.49. The Labute approximate surface area is 132 Å². The van der Waals surface area contributed by atoms with Crippen molar-refractivity contribution in [2.75, 3.05) is 5.32 Å². The average molecular weight is 309 g/mol. The molecule has 0 aliphatic carbocycles. The van der Waals surface area contributed by atoms with Crippen molar-refractivity contribution < 1.29 is 14.0 Å². The van der Waals surface area contributed by atoms with E-state index in [-0.39, 0.29) is 11.8 Å². The minimum absolute atomic E-state index is 0.178. The van der Waals surface area contributed by atoms with Gasteiger partial charge in [0.15, 0.2) is 12.0 Å². The van der Waals surface area contributed by atoms with E-state index in [1.165, 1.54) is 13.3 Å². The number of carbonyl (C=O) groups is 2. The van der Waals surface area contributed by atoms with Crippen LogP contribution in [0.2, 0.25) is 0 Å². The number of carbonyl (C=O) groups excluding carboxylic acids is 2. The van der Waals surface area contributed by atoms with Gasteiger partial charge < -0.3 is 15.1 Å². The van der Waals surface area contributed by atoms with Gasteiger partial charge in [0, 0.05) is 24.7 Å². The normalized spacial score (nSPS) is 10.5. The minimum atomic E-state index is -0.213. The molecule has 0 radical (unpaired) electrons. The van der Waals surface area contributed by atoms with Crippen LogP contribution >= 0.6 is 0 Å². The number of nitrogens with zero attached hydrogens (tertiary/aromatic N) is 1. The molecule has 6 nitrogen and oxygen atoms in total. The van der Waals surface area contributed by atoms with Crippen molar-refractivity contribution in [2.24, 2.45) is 0 Å². The van der Waals surface area contributed by atoms with Crippen molar-refractivity contribution >= 4 is 28.6 Å². The van der Waals surface area contributed by atoms with Crippen LogP contribution in [0.3, 0.4) is 0 Å². The van der Waals surface area contributed by atoms with Crippen molar-refractivity contribution in [3.63, 3.8) is 0 Å². The van der Waals surface area contributed by atoms with E-state index < -0.39 is 0 Å². The van der Waals surface area contributed by atoms with E-state index in [1.807, 2.05) is 18.2 Å². The van der Waals surface area contributed by atoms with Crippen molar-refractivity contribution in [3.05, 3.63) is 60.0 Å². The maximum atomic E-state index is 12.2. The zero-order chi connectivity index (χ0) is 16.2. The Bertz CT molecular complexity index is 870. The van der Waals surface area contributed by atoms with Gasteiger partial charge in [0.25, 0.3) is 5.91 Å². The molecule has 6 heteroatoms. The summed E-state index contributed by atoms with van der Waals surface area (Å²) in [6.45, 7) is 1.80. The van der Waals surface area contributed by atoms with E-state index in [9.17, 15) is 9.59 Å². The predicted molar refractivity (Wildman–Crippen MR) is 85.9 cm³/mol. The van der Waals surface area contributed by atoms with E-state index in [2.05, 4.69) is 15.6 Å². The third-order valence-electron chi connectivity index (χ3n) is 3.29. The molecule has 0 saturated carbocycles. The molecule has 0 aliphatic rings. The molecule has 2 N–H and O–H groups in total. The summed E-state index contributed by atoms with van der Waals surface area (Å²) >= 11 is 0. The zero-order valence-electron chi connectivity index (χ0n) is 12.5. The van der Waals surface area contributed by atoms with Crippen LogP contribution < -0.4 is 10.6 Å². The monoisotopic (exact) mass is 309 g/mol. The molecular weight excluding hydrogens is 294 g/mol. The Morgan fingerprint density at radius 3 is 2.87 bits per heavy atom. The summed E-state index contributed by atoms with van der Waals surface area (Å²) in [6, 6.07) is 12.4. The Balaban J connectivity index is 1.67. The summed E-state index contributed by atoms with van der Waals surface area (Å²) in [7, 11) is 0. The molecule has 0 aliphatic heterocycles.